The topological polar surface area (TPSA) is 32.3 Å². The van der Waals surface area contributed by atoms with E-state index < -0.39 is 0 Å². The standard InChI is InChI=1S/C14H22N2OS.ClH/c1-4-5-12-8-13(18-11(12)3)14(17)16-7-6-15-9-10(16)2;/h8,10,15H,4-7,9H2,1-3H3;1H/t10-;/m1./s1. The van der Waals surface area contributed by atoms with Crippen LogP contribution < -0.4 is 5.32 Å². The normalized spacial score (nSPS) is 19.1. The minimum absolute atomic E-state index is 0. The van der Waals surface area contributed by atoms with Crippen LogP contribution in [0.4, 0.5) is 0 Å². The molecule has 5 heteroatoms. The van der Waals surface area contributed by atoms with Crippen molar-refractivity contribution in [2.45, 2.75) is 39.7 Å². The second-order valence-electron chi connectivity index (χ2n) is 4.99. The number of rotatable bonds is 3. The van der Waals surface area contributed by atoms with Gasteiger partial charge in [0.1, 0.15) is 0 Å². The van der Waals surface area contributed by atoms with E-state index in [-0.39, 0.29) is 18.3 Å². The molecule has 3 nitrogen and oxygen atoms in total. The van der Waals surface area contributed by atoms with Gasteiger partial charge in [0.05, 0.1) is 4.88 Å². The minimum Gasteiger partial charge on any atom is -0.333 e. The van der Waals surface area contributed by atoms with E-state index in [4.69, 9.17) is 0 Å². The van der Waals surface area contributed by atoms with E-state index in [1.165, 1.54) is 10.4 Å². The summed E-state index contributed by atoms with van der Waals surface area (Å²) in [6.07, 6.45) is 2.21. The smallest absolute Gasteiger partial charge is 0.264 e. The van der Waals surface area contributed by atoms with Gasteiger partial charge in [0, 0.05) is 30.6 Å². The minimum atomic E-state index is 0. The number of hydrogen-bond donors (Lipinski definition) is 1. The number of carbonyl (C=O) groups is 1. The Morgan fingerprint density at radius 1 is 1.58 bits per heavy atom. The van der Waals surface area contributed by atoms with E-state index in [0.29, 0.717) is 6.04 Å². The van der Waals surface area contributed by atoms with Gasteiger partial charge in [0.25, 0.3) is 5.91 Å². The van der Waals surface area contributed by atoms with Gasteiger partial charge in [0.2, 0.25) is 0 Å². The van der Waals surface area contributed by atoms with Gasteiger partial charge in [-0.1, -0.05) is 13.3 Å². The number of nitrogens with zero attached hydrogens (tertiary/aromatic N) is 1. The highest BCUT2D eigenvalue weighted by molar-refractivity contribution is 7.14. The van der Waals surface area contributed by atoms with Gasteiger partial charge in [-0.25, -0.2) is 0 Å². The maximum atomic E-state index is 12.5. The lowest BCUT2D eigenvalue weighted by molar-refractivity contribution is 0.0660. The highest BCUT2D eigenvalue weighted by Crippen LogP contribution is 2.25. The van der Waals surface area contributed by atoms with E-state index in [9.17, 15) is 4.79 Å². The number of hydrogen-bond acceptors (Lipinski definition) is 3. The molecular weight excluding hydrogens is 280 g/mol. The summed E-state index contributed by atoms with van der Waals surface area (Å²) in [5.41, 5.74) is 1.34. The van der Waals surface area contributed by atoms with Gasteiger partial charge < -0.3 is 10.2 Å². The summed E-state index contributed by atoms with van der Waals surface area (Å²) in [6.45, 7) is 9.03. The van der Waals surface area contributed by atoms with Crippen LogP contribution in [0.1, 0.15) is 40.4 Å². The van der Waals surface area contributed by atoms with Crippen LogP contribution in [0.2, 0.25) is 0 Å². The van der Waals surface area contributed by atoms with E-state index in [1.807, 2.05) is 4.90 Å². The van der Waals surface area contributed by atoms with Crippen LogP contribution in [0.25, 0.3) is 0 Å². The Morgan fingerprint density at radius 3 is 2.95 bits per heavy atom. The van der Waals surface area contributed by atoms with E-state index in [1.54, 1.807) is 11.3 Å². The van der Waals surface area contributed by atoms with Crippen LogP contribution in [0.15, 0.2) is 6.07 Å². The molecule has 1 aromatic heterocycles. The van der Waals surface area contributed by atoms with Crippen molar-refractivity contribution in [3.8, 4) is 0 Å². The lowest BCUT2D eigenvalue weighted by Crippen LogP contribution is -2.52. The third-order valence-corrected chi connectivity index (χ3v) is 4.59. The van der Waals surface area contributed by atoms with Crippen LogP contribution in [-0.4, -0.2) is 36.5 Å². The van der Waals surface area contributed by atoms with Crippen LogP contribution in [-0.2, 0) is 6.42 Å². The highest BCUT2D eigenvalue weighted by Gasteiger charge is 2.25. The van der Waals surface area contributed by atoms with Gasteiger partial charge in [-0.3, -0.25) is 4.79 Å². The van der Waals surface area contributed by atoms with Gasteiger partial charge in [0.15, 0.2) is 0 Å². The van der Waals surface area contributed by atoms with Crippen molar-refractivity contribution in [3.63, 3.8) is 0 Å². The number of thiophene rings is 1. The fourth-order valence-electron chi connectivity index (χ4n) is 2.43. The lowest BCUT2D eigenvalue weighted by atomic mass is 10.1. The molecule has 0 unspecified atom stereocenters. The molecule has 2 rings (SSSR count). The molecule has 1 aliphatic rings. The molecular formula is C14H23ClN2OS. The van der Waals surface area contributed by atoms with Crippen LogP contribution in [0.3, 0.4) is 0 Å². The molecule has 19 heavy (non-hydrogen) atoms. The molecule has 1 saturated heterocycles. The molecule has 1 amide bonds. The molecule has 1 N–H and O–H groups in total. The first kappa shape index (κ1) is 16.5. The molecule has 0 bridgehead atoms. The third kappa shape index (κ3) is 3.71. The Hall–Kier alpha value is -0.580. The molecule has 0 radical (unpaired) electrons. The van der Waals surface area contributed by atoms with Crippen molar-refractivity contribution in [2.75, 3.05) is 19.6 Å². The molecule has 1 atom stereocenters. The van der Waals surface area contributed by atoms with Crippen molar-refractivity contribution in [3.05, 3.63) is 21.4 Å². The van der Waals surface area contributed by atoms with Crippen LogP contribution >= 0.6 is 23.7 Å². The van der Waals surface area contributed by atoms with E-state index in [2.05, 4.69) is 32.2 Å². The van der Waals surface area contributed by atoms with E-state index in [0.717, 1.165) is 37.4 Å². The van der Waals surface area contributed by atoms with Crippen molar-refractivity contribution in [2.24, 2.45) is 0 Å². The first-order valence-electron chi connectivity index (χ1n) is 6.74. The molecule has 1 fully saturated rings. The highest BCUT2D eigenvalue weighted by atomic mass is 35.5. The maximum Gasteiger partial charge on any atom is 0.264 e. The summed E-state index contributed by atoms with van der Waals surface area (Å²) in [5.74, 6) is 0.208. The van der Waals surface area contributed by atoms with Crippen molar-refractivity contribution < 1.29 is 4.79 Å². The zero-order valence-corrected chi connectivity index (χ0v) is 13.5. The summed E-state index contributed by atoms with van der Waals surface area (Å²) in [5, 5.41) is 3.32. The average Bonchev–Trinajstić information content (AvgIpc) is 2.71. The summed E-state index contributed by atoms with van der Waals surface area (Å²) >= 11 is 1.65. The molecule has 0 aromatic carbocycles. The molecule has 2 heterocycles. The number of carbonyl (C=O) groups excluding carboxylic acids is 1. The van der Waals surface area contributed by atoms with Crippen LogP contribution in [0.5, 0.6) is 0 Å². The maximum absolute atomic E-state index is 12.5. The zero-order valence-electron chi connectivity index (χ0n) is 11.9. The number of piperazine rings is 1. The quantitative estimate of drug-likeness (QED) is 0.931. The fourth-order valence-corrected chi connectivity index (χ4v) is 3.45. The van der Waals surface area contributed by atoms with Crippen molar-refractivity contribution in [1.29, 1.82) is 0 Å². The number of amides is 1. The second-order valence-corrected chi connectivity index (χ2v) is 6.25. The Kier molecular flexibility index (Phi) is 6.30. The Morgan fingerprint density at radius 2 is 2.32 bits per heavy atom. The van der Waals surface area contributed by atoms with Gasteiger partial charge in [-0.2, -0.15) is 0 Å². The Labute approximate surface area is 125 Å². The molecule has 108 valence electrons. The average molecular weight is 303 g/mol. The molecule has 0 spiro atoms. The predicted octanol–water partition coefficient (Wildman–Crippen LogP) is 2.86. The fraction of sp³-hybridized carbons (Fsp3) is 0.643. The number of nitrogens with one attached hydrogen (secondary N) is 1. The summed E-state index contributed by atoms with van der Waals surface area (Å²) < 4.78 is 0. The van der Waals surface area contributed by atoms with Gasteiger partial charge in [-0.15, -0.1) is 23.7 Å². The number of aryl methyl sites for hydroxylation is 2. The molecule has 1 aromatic rings. The van der Waals surface area contributed by atoms with Crippen molar-refractivity contribution >= 4 is 29.7 Å². The molecule has 1 aliphatic heterocycles. The van der Waals surface area contributed by atoms with E-state index >= 15 is 0 Å². The Balaban J connectivity index is 0.00000180. The summed E-state index contributed by atoms with van der Waals surface area (Å²) in [4.78, 5) is 16.7. The van der Waals surface area contributed by atoms with Gasteiger partial charge >= 0.3 is 0 Å². The zero-order chi connectivity index (χ0) is 13.1. The van der Waals surface area contributed by atoms with Gasteiger partial charge in [-0.05, 0) is 31.9 Å². The largest absolute Gasteiger partial charge is 0.333 e. The Bertz CT molecular complexity index is 433. The summed E-state index contributed by atoms with van der Waals surface area (Å²) in [7, 11) is 0. The monoisotopic (exact) mass is 302 g/mol. The first-order chi connectivity index (χ1) is 8.63. The SMILES string of the molecule is CCCc1cc(C(=O)N2CCNC[C@H]2C)sc1C.Cl. The summed E-state index contributed by atoms with van der Waals surface area (Å²) in [6, 6.07) is 2.39. The predicted molar refractivity (Wildman–Crippen MR) is 83.7 cm³/mol. The number of halogens is 1. The second kappa shape index (κ2) is 7.27. The van der Waals surface area contributed by atoms with Crippen molar-refractivity contribution in [1.82, 2.24) is 10.2 Å². The lowest BCUT2D eigenvalue weighted by Gasteiger charge is -2.33. The molecule has 0 saturated carbocycles. The molecule has 0 aliphatic carbocycles. The third-order valence-electron chi connectivity index (χ3n) is 3.51. The van der Waals surface area contributed by atoms with Crippen LogP contribution in [0, 0.1) is 6.92 Å². The first-order valence-corrected chi connectivity index (χ1v) is 7.56.